The van der Waals surface area contributed by atoms with Crippen LogP contribution in [0, 0.1) is 0 Å². The maximum atomic E-state index is 13.5. The lowest BCUT2D eigenvalue weighted by Gasteiger charge is -2.19. The first-order chi connectivity index (χ1) is 22.3. The smallest absolute Gasteiger partial charge is 0.220 e. The molecule has 2 aromatic heterocycles. The summed E-state index contributed by atoms with van der Waals surface area (Å²) in [6, 6.07) is 12.5. The van der Waals surface area contributed by atoms with E-state index in [0.717, 1.165) is 41.6 Å². The SMILES string of the molecule is COc1cc2c(c(OC)c1OC)-c1ccc(NCCCCCC(=O)NCc3nnc4ccccn34)c(=O)cc1[C@@H](NC(C)=O)CC2. The van der Waals surface area contributed by atoms with E-state index in [-0.39, 0.29) is 23.3 Å². The molecule has 242 valence electrons. The van der Waals surface area contributed by atoms with Crippen molar-refractivity contribution in [1.82, 2.24) is 25.2 Å². The monoisotopic (exact) mass is 628 g/mol. The van der Waals surface area contributed by atoms with E-state index in [1.807, 2.05) is 40.9 Å². The Labute approximate surface area is 267 Å². The van der Waals surface area contributed by atoms with Gasteiger partial charge in [0.15, 0.2) is 23.0 Å². The number of fused-ring (bicyclic) bond motifs is 4. The molecule has 0 fully saturated rings. The highest BCUT2D eigenvalue weighted by Crippen LogP contribution is 2.50. The van der Waals surface area contributed by atoms with Gasteiger partial charge in [-0.2, -0.15) is 0 Å². The van der Waals surface area contributed by atoms with Gasteiger partial charge in [0.2, 0.25) is 23.0 Å². The minimum Gasteiger partial charge on any atom is -0.493 e. The molecule has 4 aromatic rings. The third-order valence-electron chi connectivity index (χ3n) is 8.14. The van der Waals surface area contributed by atoms with Crippen molar-refractivity contribution < 1.29 is 23.8 Å². The number of anilines is 1. The average molecular weight is 629 g/mol. The highest BCUT2D eigenvalue weighted by Gasteiger charge is 2.29. The molecule has 2 heterocycles. The van der Waals surface area contributed by atoms with Gasteiger partial charge in [0.1, 0.15) is 0 Å². The lowest BCUT2D eigenvalue weighted by molar-refractivity contribution is -0.121. The second-order valence-electron chi connectivity index (χ2n) is 11.2. The van der Waals surface area contributed by atoms with Crippen LogP contribution in [0.25, 0.3) is 16.8 Å². The fourth-order valence-electron chi connectivity index (χ4n) is 5.94. The second kappa shape index (κ2) is 14.8. The Bertz CT molecular complexity index is 1790. The third kappa shape index (κ3) is 7.06. The van der Waals surface area contributed by atoms with Gasteiger partial charge in [0, 0.05) is 31.6 Å². The summed E-state index contributed by atoms with van der Waals surface area (Å²) < 4.78 is 18.9. The molecule has 2 aromatic carbocycles. The van der Waals surface area contributed by atoms with Gasteiger partial charge < -0.3 is 30.2 Å². The van der Waals surface area contributed by atoms with Gasteiger partial charge in [-0.1, -0.05) is 18.6 Å². The first-order valence-electron chi connectivity index (χ1n) is 15.4. The number of carbonyl (C=O) groups excluding carboxylic acids is 2. The number of hydrogen-bond acceptors (Lipinski definition) is 9. The largest absolute Gasteiger partial charge is 0.493 e. The van der Waals surface area contributed by atoms with Gasteiger partial charge >= 0.3 is 0 Å². The molecule has 1 atom stereocenters. The number of unbranched alkanes of at least 4 members (excludes halogenated alkanes) is 2. The Kier molecular flexibility index (Phi) is 10.4. The Morgan fingerprint density at radius 3 is 2.57 bits per heavy atom. The number of ether oxygens (including phenoxy) is 3. The predicted octanol–water partition coefficient (Wildman–Crippen LogP) is 4.19. The second-order valence-corrected chi connectivity index (χ2v) is 11.2. The van der Waals surface area contributed by atoms with Crippen molar-refractivity contribution in [2.45, 2.75) is 58.0 Å². The van der Waals surface area contributed by atoms with Crippen LogP contribution in [0.5, 0.6) is 17.2 Å². The number of carbonyl (C=O) groups is 2. The molecule has 1 aliphatic rings. The van der Waals surface area contributed by atoms with Crippen molar-refractivity contribution in [3.8, 4) is 28.4 Å². The third-order valence-corrected chi connectivity index (χ3v) is 8.14. The van der Waals surface area contributed by atoms with Crippen molar-refractivity contribution in [3.63, 3.8) is 0 Å². The van der Waals surface area contributed by atoms with Crippen LogP contribution in [0.1, 0.15) is 62.0 Å². The summed E-state index contributed by atoms with van der Waals surface area (Å²) in [6.07, 6.45) is 5.80. The van der Waals surface area contributed by atoms with Crippen molar-refractivity contribution in [2.75, 3.05) is 33.2 Å². The molecule has 0 bridgehead atoms. The summed E-state index contributed by atoms with van der Waals surface area (Å²) in [7, 11) is 4.71. The standard InChI is InChI=1S/C34H40N6O6/c1-21(41)37-25-14-12-22-18-28(44-2)33(45-3)34(46-4)32(22)23-13-15-26(27(42)19-24(23)25)35-16-8-5-6-11-31(43)36-20-30-39-38-29-10-7-9-17-40(29)30/h7,9-10,13,15,17-19,25H,5-6,8,11-12,14,16,20H2,1-4H3,(H,35,42)(H,36,43)(H,37,41)/t25-/m0/s1. The van der Waals surface area contributed by atoms with Gasteiger partial charge in [-0.05, 0) is 72.7 Å². The highest BCUT2D eigenvalue weighted by atomic mass is 16.5. The summed E-state index contributed by atoms with van der Waals surface area (Å²) in [4.78, 5) is 38.0. The van der Waals surface area contributed by atoms with Crippen LogP contribution >= 0.6 is 0 Å². The normalized spacial score (nSPS) is 13.6. The first-order valence-corrected chi connectivity index (χ1v) is 15.4. The maximum Gasteiger partial charge on any atom is 0.220 e. The molecule has 0 spiro atoms. The first kappa shape index (κ1) is 32.3. The van der Waals surface area contributed by atoms with Gasteiger partial charge in [-0.25, -0.2) is 0 Å². The molecule has 46 heavy (non-hydrogen) atoms. The number of amides is 2. The van der Waals surface area contributed by atoms with E-state index in [1.165, 1.54) is 6.92 Å². The van der Waals surface area contributed by atoms with Crippen LogP contribution in [0.15, 0.2) is 53.5 Å². The summed E-state index contributed by atoms with van der Waals surface area (Å²) in [5, 5.41) is 17.5. The molecular weight excluding hydrogens is 588 g/mol. The average Bonchev–Trinajstić information content (AvgIpc) is 3.33. The van der Waals surface area contributed by atoms with E-state index >= 15 is 0 Å². The van der Waals surface area contributed by atoms with Crippen LogP contribution in [0.4, 0.5) is 5.69 Å². The van der Waals surface area contributed by atoms with E-state index in [1.54, 1.807) is 33.5 Å². The summed E-state index contributed by atoms with van der Waals surface area (Å²) >= 11 is 0. The van der Waals surface area contributed by atoms with E-state index in [2.05, 4.69) is 26.1 Å². The van der Waals surface area contributed by atoms with Crippen LogP contribution in [-0.4, -0.2) is 54.3 Å². The van der Waals surface area contributed by atoms with E-state index in [4.69, 9.17) is 14.2 Å². The lowest BCUT2D eigenvalue weighted by atomic mass is 9.95. The molecule has 5 rings (SSSR count). The molecule has 2 amide bonds. The van der Waals surface area contributed by atoms with Crippen molar-refractivity contribution >= 4 is 23.1 Å². The Morgan fingerprint density at radius 2 is 1.80 bits per heavy atom. The maximum absolute atomic E-state index is 13.5. The Balaban J connectivity index is 1.25. The molecule has 0 radical (unpaired) electrons. The highest BCUT2D eigenvalue weighted by molar-refractivity contribution is 5.83. The van der Waals surface area contributed by atoms with E-state index in [0.29, 0.717) is 66.7 Å². The summed E-state index contributed by atoms with van der Waals surface area (Å²) in [6.45, 7) is 2.35. The fraction of sp³-hybridized carbons (Fsp3) is 0.382. The summed E-state index contributed by atoms with van der Waals surface area (Å²) in [5.74, 6) is 1.97. The van der Waals surface area contributed by atoms with Crippen LogP contribution in [-0.2, 0) is 22.6 Å². The Hall–Kier alpha value is -5.13. The number of pyridine rings is 1. The van der Waals surface area contributed by atoms with Gasteiger partial charge in [-0.15, -0.1) is 10.2 Å². The molecule has 3 N–H and O–H groups in total. The van der Waals surface area contributed by atoms with Gasteiger partial charge in [0.25, 0.3) is 0 Å². The van der Waals surface area contributed by atoms with Crippen LogP contribution in [0.2, 0.25) is 0 Å². The van der Waals surface area contributed by atoms with Gasteiger partial charge in [0.05, 0.1) is 39.6 Å². The number of benzene rings is 1. The molecule has 0 saturated heterocycles. The number of aryl methyl sites for hydroxylation is 1. The number of nitrogens with one attached hydrogen (secondary N) is 3. The Morgan fingerprint density at radius 1 is 0.978 bits per heavy atom. The van der Waals surface area contributed by atoms with Crippen molar-refractivity contribution in [3.05, 3.63) is 75.8 Å². The number of nitrogens with zero attached hydrogens (tertiary/aromatic N) is 3. The number of methoxy groups -OCH3 is 3. The van der Waals surface area contributed by atoms with Crippen LogP contribution in [0.3, 0.4) is 0 Å². The zero-order valence-corrected chi connectivity index (χ0v) is 26.6. The topological polar surface area (TPSA) is 145 Å². The van der Waals surface area contributed by atoms with E-state index < -0.39 is 0 Å². The van der Waals surface area contributed by atoms with Crippen LogP contribution < -0.4 is 35.6 Å². The zero-order chi connectivity index (χ0) is 32.6. The molecule has 0 aliphatic heterocycles. The van der Waals surface area contributed by atoms with Gasteiger partial charge in [-0.3, -0.25) is 18.8 Å². The minimum atomic E-state index is -0.371. The molecule has 0 saturated carbocycles. The number of aromatic nitrogens is 3. The quantitative estimate of drug-likeness (QED) is 0.186. The number of hydrogen-bond donors (Lipinski definition) is 3. The zero-order valence-electron chi connectivity index (χ0n) is 26.6. The fourth-order valence-corrected chi connectivity index (χ4v) is 5.94. The lowest BCUT2D eigenvalue weighted by Crippen LogP contribution is -2.26. The molecule has 12 heteroatoms. The molecule has 1 aliphatic carbocycles. The van der Waals surface area contributed by atoms with E-state index in [9.17, 15) is 14.4 Å². The predicted molar refractivity (Wildman–Crippen MR) is 174 cm³/mol. The number of rotatable bonds is 13. The molecule has 0 unspecified atom stereocenters. The molecule has 12 nitrogen and oxygen atoms in total. The minimum absolute atomic E-state index is 0.0437. The van der Waals surface area contributed by atoms with Crippen molar-refractivity contribution in [2.24, 2.45) is 0 Å². The summed E-state index contributed by atoms with van der Waals surface area (Å²) in [5.41, 5.74) is 4.27. The van der Waals surface area contributed by atoms with Crippen molar-refractivity contribution in [1.29, 1.82) is 0 Å². The molecular formula is C34H40N6O6.